The minimum absolute atomic E-state index is 0.0494. The number of ether oxygens (including phenoxy) is 1. The van der Waals surface area contributed by atoms with E-state index in [1.54, 1.807) is 9.47 Å². The third kappa shape index (κ3) is 2.21. The van der Waals surface area contributed by atoms with Crippen molar-refractivity contribution in [3.05, 3.63) is 27.7 Å². The molecule has 0 aromatic carbocycles. The number of nitrogens with zero attached hydrogens (tertiary/aromatic N) is 2. The fourth-order valence-corrected chi connectivity index (χ4v) is 3.73. The molecule has 3 N–H and O–H groups in total. The molecular weight excluding hydrogens is 314 g/mol. The zero-order valence-electron chi connectivity index (χ0n) is 13.7. The number of hydrogen-bond acceptors (Lipinski definition) is 5. The van der Waals surface area contributed by atoms with Crippen molar-refractivity contribution in [2.75, 3.05) is 19.7 Å². The number of aromatic hydroxyl groups is 1. The first kappa shape index (κ1) is 16.5. The molecule has 8 heteroatoms. The highest BCUT2D eigenvalue weighted by molar-refractivity contribution is 5.98. The van der Waals surface area contributed by atoms with Crippen LogP contribution in [-0.2, 0) is 10.3 Å². The topological polar surface area (TPSA) is 115 Å². The molecule has 1 aliphatic carbocycles. The van der Waals surface area contributed by atoms with Gasteiger partial charge in [0.2, 0.25) is 5.43 Å². The van der Waals surface area contributed by atoms with Gasteiger partial charge in [-0.1, -0.05) is 0 Å². The van der Waals surface area contributed by atoms with Crippen LogP contribution in [0.15, 0.2) is 11.0 Å². The van der Waals surface area contributed by atoms with Crippen LogP contribution in [0.25, 0.3) is 0 Å². The van der Waals surface area contributed by atoms with E-state index >= 15 is 0 Å². The minimum Gasteiger partial charge on any atom is -0.503 e. The molecule has 130 valence electrons. The molecular formula is C16H21N3O5. The van der Waals surface area contributed by atoms with E-state index < -0.39 is 28.5 Å². The Bertz CT molecular complexity index is 764. The van der Waals surface area contributed by atoms with Crippen LogP contribution in [0.3, 0.4) is 0 Å². The molecule has 1 spiro atoms. The summed E-state index contributed by atoms with van der Waals surface area (Å²) in [6.07, 6.45) is 2.64. The molecule has 24 heavy (non-hydrogen) atoms. The summed E-state index contributed by atoms with van der Waals surface area (Å²) >= 11 is 0. The van der Waals surface area contributed by atoms with E-state index in [0.29, 0.717) is 32.5 Å². The van der Waals surface area contributed by atoms with Gasteiger partial charge in [0.1, 0.15) is 5.56 Å². The number of aromatic nitrogens is 1. The normalized spacial score (nSPS) is 25.5. The van der Waals surface area contributed by atoms with Crippen molar-refractivity contribution in [2.45, 2.75) is 38.3 Å². The van der Waals surface area contributed by atoms with Gasteiger partial charge in [-0.15, -0.1) is 0 Å². The Morgan fingerprint density at radius 1 is 1.42 bits per heavy atom. The summed E-state index contributed by atoms with van der Waals surface area (Å²) in [5.74, 6) is -2.06. The van der Waals surface area contributed by atoms with Crippen molar-refractivity contribution in [1.82, 2.24) is 9.47 Å². The van der Waals surface area contributed by atoms with E-state index in [9.17, 15) is 19.5 Å². The van der Waals surface area contributed by atoms with E-state index in [1.165, 1.54) is 6.20 Å². The van der Waals surface area contributed by atoms with Gasteiger partial charge in [0.05, 0.1) is 11.6 Å². The van der Waals surface area contributed by atoms with E-state index in [1.807, 2.05) is 13.8 Å². The third-order valence-corrected chi connectivity index (χ3v) is 4.93. The Labute approximate surface area is 138 Å². The summed E-state index contributed by atoms with van der Waals surface area (Å²) < 4.78 is 7.18. The van der Waals surface area contributed by atoms with Crippen LogP contribution in [0, 0.1) is 0 Å². The monoisotopic (exact) mass is 335 g/mol. The second kappa shape index (κ2) is 5.62. The van der Waals surface area contributed by atoms with Gasteiger partial charge in [0.25, 0.3) is 11.8 Å². The van der Waals surface area contributed by atoms with Gasteiger partial charge in [-0.2, -0.15) is 0 Å². The van der Waals surface area contributed by atoms with E-state index in [4.69, 9.17) is 10.5 Å². The lowest BCUT2D eigenvalue weighted by Gasteiger charge is -2.54. The number of primary amides is 1. The first-order valence-electron chi connectivity index (χ1n) is 8.04. The average molecular weight is 335 g/mol. The molecule has 3 rings (SSSR count). The number of carbonyl (C=O) groups is 2. The number of carbonyl (C=O) groups excluding carboxylic acids is 2. The summed E-state index contributed by atoms with van der Waals surface area (Å²) in [5, 5.41) is 10.3. The van der Waals surface area contributed by atoms with Crippen molar-refractivity contribution in [2.24, 2.45) is 5.73 Å². The first-order chi connectivity index (χ1) is 11.3. The number of hydrogen-bond donors (Lipinski definition) is 2. The molecule has 0 saturated heterocycles. The van der Waals surface area contributed by atoms with Crippen molar-refractivity contribution in [3.8, 4) is 5.75 Å². The summed E-state index contributed by atoms with van der Waals surface area (Å²) in [4.78, 5) is 37.9. The van der Waals surface area contributed by atoms with Gasteiger partial charge < -0.3 is 25.0 Å². The van der Waals surface area contributed by atoms with Crippen LogP contribution >= 0.6 is 0 Å². The van der Waals surface area contributed by atoms with Gasteiger partial charge >= 0.3 is 0 Å². The Hall–Kier alpha value is -2.35. The lowest BCUT2D eigenvalue weighted by Crippen LogP contribution is -2.62. The standard InChI is InChI=1S/C16H21N3O5/c1-3-18-8-16(5-9(6-16)24-4-2)19-7-10(14(17)22)12(20)13(21)11(19)15(18)23/h7,9,21H,3-6,8H2,1-2H3,(H2,17,22). The number of pyridine rings is 1. The lowest BCUT2D eigenvalue weighted by atomic mass is 9.71. The van der Waals surface area contributed by atoms with Crippen LogP contribution in [0.4, 0.5) is 0 Å². The Balaban J connectivity index is 2.17. The zero-order valence-corrected chi connectivity index (χ0v) is 13.7. The van der Waals surface area contributed by atoms with Crippen LogP contribution in [0.1, 0.15) is 47.5 Å². The highest BCUT2D eigenvalue weighted by Crippen LogP contribution is 2.46. The molecule has 1 saturated carbocycles. The number of fused-ring (bicyclic) bond motifs is 2. The predicted octanol–water partition coefficient (Wildman–Crippen LogP) is 0.0227. The number of likely N-dealkylation sites (N-methyl/N-ethyl adjacent to an activating group) is 1. The van der Waals surface area contributed by atoms with E-state index in [2.05, 4.69) is 0 Å². The van der Waals surface area contributed by atoms with Crippen LogP contribution in [-0.4, -0.2) is 52.2 Å². The molecule has 0 unspecified atom stereocenters. The second-order valence-electron chi connectivity index (χ2n) is 6.33. The maximum Gasteiger partial charge on any atom is 0.274 e. The highest BCUT2D eigenvalue weighted by Gasteiger charge is 2.52. The number of rotatable bonds is 4. The SMILES string of the molecule is CCOC1CC2(C1)CN(CC)C(=O)c1c(O)c(=O)c(C(N)=O)cn12. The molecule has 2 amide bonds. The molecule has 1 fully saturated rings. The molecule has 0 bridgehead atoms. The van der Waals surface area contributed by atoms with Crippen molar-refractivity contribution >= 4 is 11.8 Å². The summed E-state index contributed by atoms with van der Waals surface area (Å²) in [6.45, 7) is 5.25. The maximum atomic E-state index is 12.6. The molecule has 1 aliphatic heterocycles. The Kier molecular flexibility index (Phi) is 3.87. The first-order valence-corrected chi connectivity index (χ1v) is 8.04. The zero-order chi connectivity index (χ0) is 17.6. The van der Waals surface area contributed by atoms with Crippen molar-refractivity contribution in [3.63, 3.8) is 0 Å². The molecule has 1 aromatic rings. The van der Waals surface area contributed by atoms with Crippen LogP contribution in [0.5, 0.6) is 5.75 Å². The fraction of sp³-hybridized carbons (Fsp3) is 0.562. The Morgan fingerprint density at radius 3 is 2.62 bits per heavy atom. The van der Waals surface area contributed by atoms with Crippen LogP contribution < -0.4 is 11.2 Å². The minimum atomic E-state index is -0.924. The molecule has 2 heterocycles. The molecule has 0 radical (unpaired) electrons. The van der Waals surface area contributed by atoms with Crippen LogP contribution in [0.2, 0.25) is 0 Å². The van der Waals surface area contributed by atoms with Gasteiger partial charge in [0, 0.05) is 25.9 Å². The van der Waals surface area contributed by atoms with Crippen molar-refractivity contribution in [1.29, 1.82) is 0 Å². The summed E-state index contributed by atoms with van der Waals surface area (Å²) in [6, 6.07) is 0. The molecule has 2 aliphatic rings. The van der Waals surface area contributed by atoms with Gasteiger partial charge in [-0.05, 0) is 26.7 Å². The summed E-state index contributed by atoms with van der Waals surface area (Å²) in [5.41, 5.74) is 3.46. The van der Waals surface area contributed by atoms with Gasteiger partial charge in [-0.25, -0.2) is 0 Å². The third-order valence-electron chi connectivity index (χ3n) is 4.93. The number of nitrogens with two attached hydrogens (primary N) is 1. The van der Waals surface area contributed by atoms with Crippen molar-refractivity contribution < 1.29 is 19.4 Å². The summed E-state index contributed by atoms with van der Waals surface area (Å²) in [7, 11) is 0. The quantitative estimate of drug-likeness (QED) is 0.805. The molecule has 8 nitrogen and oxygen atoms in total. The molecule has 0 atom stereocenters. The Morgan fingerprint density at radius 2 is 2.08 bits per heavy atom. The number of amides is 2. The molecule has 1 aromatic heterocycles. The van der Waals surface area contributed by atoms with E-state index in [-0.39, 0.29) is 17.4 Å². The largest absolute Gasteiger partial charge is 0.503 e. The predicted molar refractivity (Wildman–Crippen MR) is 85.1 cm³/mol. The van der Waals surface area contributed by atoms with E-state index in [0.717, 1.165) is 0 Å². The second-order valence-corrected chi connectivity index (χ2v) is 6.33. The maximum absolute atomic E-state index is 12.6. The lowest BCUT2D eigenvalue weighted by molar-refractivity contribution is -0.0842. The average Bonchev–Trinajstić information content (AvgIpc) is 2.50. The smallest absolute Gasteiger partial charge is 0.274 e. The van der Waals surface area contributed by atoms with Gasteiger partial charge in [-0.3, -0.25) is 14.4 Å². The fourth-order valence-electron chi connectivity index (χ4n) is 3.73. The van der Waals surface area contributed by atoms with Gasteiger partial charge in [0.15, 0.2) is 11.4 Å². The highest BCUT2D eigenvalue weighted by atomic mass is 16.5.